The number of nitrogens with one attached hydrogen (secondary N) is 1. The van der Waals surface area contributed by atoms with Gasteiger partial charge in [-0.2, -0.15) is 0 Å². The van der Waals surface area contributed by atoms with Gasteiger partial charge in [-0.15, -0.1) is 0 Å². The van der Waals surface area contributed by atoms with Gasteiger partial charge >= 0.3 is 0 Å². The van der Waals surface area contributed by atoms with Crippen molar-refractivity contribution in [2.45, 2.75) is 70.9 Å². The molecule has 0 saturated carbocycles. The summed E-state index contributed by atoms with van der Waals surface area (Å²) in [6, 6.07) is 0.472. The first-order chi connectivity index (χ1) is 9.14. The summed E-state index contributed by atoms with van der Waals surface area (Å²) < 4.78 is 11.5. The molecule has 0 radical (unpaired) electrons. The summed E-state index contributed by atoms with van der Waals surface area (Å²) in [5.74, 6) is 0.792. The van der Waals surface area contributed by atoms with Crippen molar-refractivity contribution < 1.29 is 9.47 Å². The molecular weight excluding hydrogens is 238 g/mol. The van der Waals surface area contributed by atoms with Gasteiger partial charge in [-0.3, -0.25) is 0 Å². The minimum atomic E-state index is -0.00952. The molecule has 0 spiro atoms. The van der Waals surface area contributed by atoms with Crippen LogP contribution in [0.25, 0.3) is 0 Å². The standard InChI is InChI=1S/C16H33NO2/c1-5-11-17-15(8-6-7-14(2)3)16(18-4)9-12-19-13-10-16/h14-15,17H,5-13H2,1-4H3. The lowest BCUT2D eigenvalue weighted by molar-refractivity contribution is -0.112. The van der Waals surface area contributed by atoms with E-state index >= 15 is 0 Å². The van der Waals surface area contributed by atoms with Crippen LogP contribution in [0.15, 0.2) is 0 Å². The van der Waals surface area contributed by atoms with Gasteiger partial charge in [0.1, 0.15) is 0 Å². The predicted molar refractivity (Wildman–Crippen MR) is 80.6 cm³/mol. The van der Waals surface area contributed by atoms with Gasteiger partial charge in [0, 0.05) is 39.2 Å². The van der Waals surface area contributed by atoms with Crippen LogP contribution in [0.3, 0.4) is 0 Å². The lowest BCUT2D eigenvalue weighted by Crippen LogP contribution is -2.55. The fourth-order valence-corrected chi connectivity index (χ4v) is 3.01. The van der Waals surface area contributed by atoms with Crippen LogP contribution in [0, 0.1) is 5.92 Å². The van der Waals surface area contributed by atoms with Gasteiger partial charge in [-0.25, -0.2) is 0 Å². The Kier molecular flexibility index (Phi) is 7.96. The molecule has 114 valence electrons. The summed E-state index contributed by atoms with van der Waals surface area (Å²) in [5.41, 5.74) is -0.00952. The summed E-state index contributed by atoms with van der Waals surface area (Å²) in [5, 5.41) is 3.72. The van der Waals surface area contributed by atoms with Crippen LogP contribution in [-0.2, 0) is 9.47 Å². The molecule has 1 unspecified atom stereocenters. The van der Waals surface area contributed by atoms with E-state index in [0.717, 1.165) is 38.5 Å². The third kappa shape index (κ3) is 5.41. The Bertz CT molecular complexity index is 225. The molecule has 0 aromatic heterocycles. The summed E-state index contributed by atoms with van der Waals surface area (Å²) in [6.07, 6.45) is 7.02. The normalized spacial score (nSPS) is 20.7. The smallest absolute Gasteiger partial charge is 0.0874 e. The zero-order chi connectivity index (χ0) is 14.1. The van der Waals surface area contributed by atoms with E-state index in [9.17, 15) is 0 Å². The van der Waals surface area contributed by atoms with Gasteiger partial charge < -0.3 is 14.8 Å². The summed E-state index contributed by atoms with van der Waals surface area (Å²) in [4.78, 5) is 0. The molecule has 1 saturated heterocycles. The zero-order valence-electron chi connectivity index (χ0n) is 13.3. The first kappa shape index (κ1) is 16.9. The molecule has 3 heteroatoms. The van der Waals surface area contributed by atoms with Crippen LogP contribution < -0.4 is 5.32 Å². The van der Waals surface area contributed by atoms with Crippen molar-refractivity contribution in [1.29, 1.82) is 0 Å². The van der Waals surface area contributed by atoms with Crippen molar-refractivity contribution in [3.63, 3.8) is 0 Å². The van der Waals surface area contributed by atoms with Gasteiger partial charge in [0.25, 0.3) is 0 Å². The Hall–Kier alpha value is -0.120. The third-order valence-electron chi connectivity index (χ3n) is 4.30. The zero-order valence-corrected chi connectivity index (χ0v) is 13.3. The summed E-state index contributed by atoms with van der Waals surface area (Å²) in [7, 11) is 1.87. The topological polar surface area (TPSA) is 30.5 Å². The van der Waals surface area contributed by atoms with Crippen molar-refractivity contribution in [1.82, 2.24) is 5.32 Å². The molecule has 19 heavy (non-hydrogen) atoms. The average molecular weight is 271 g/mol. The highest BCUT2D eigenvalue weighted by Gasteiger charge is 2.39. The summed E-state index contributed by atoms with van der Waals surface area (Å²) >= 11 is 0. The molecule has 0 aromatic rings. The van der Waals surface area contributed by atoms with E-state index < -0.39 is 0 Å². The first-order valence-corrected chi connectivity index (χ1v) is 8.01. The minimum absolute atomic E-state index is 0.00952. The van der Waals surface area contributed by atoms with Crippen LogP contribution in [0.1, 0.15) is 59.3 Å². The lowest BCUT2D eigenvalue weighted by atomic mass is 9.82. The molecule has 1 rings (SSSR count). The van der Waals surface area contributed by atoms with E-state index in [1.165, 1.54) is 25.7 Å². The number of methoxy groups -OCH3 is 1. The largest absolute Gasteiger partial charge is 0.381 e. The fraction of sp³-hybridized carbons (Fsp3) is 1.00. The van der Waals surface area contributed by atoms with Crippen molar-refractivity contribution in [2.75, 3.05) is 26.9 Å². The Balaban J connectivity index is 2.58. The molecule has 0 amide bonds. The molecule has 1 N–H and O–H groups in total. The molecule has 0 bridgehead atoms. The molecule has 0 aliphatic carbocycles. The van der Waals surface area contributed by atoms with E-state index in [2.05, 4.69) is 26.1 Å². The molecule has 3 nitrogen and oxygen atoms in total. The lowest BCUT2D eigenvalue weighted by Gasteiger charge is -2.43. The number of hydrogen-bond acceptors (Lipinski definition) is 3. The van der Waals surface area contributed by atoms with Crippen LogP contribution in [0.4, 0.5) is 0 Å². The SMILES string of the molecule is CCCNC(CCCC(C)C)C1(OC)CCOCC1. The van der Waals surface area contributed by atoms with Crippen LogP contribution in [-0.4, -0.2) is 38.5 Å². The van der Waals surface area contributed by atoms with E-state index in [0.29, 0.717) is 6.04 Å². The molecule has 1 atom stereocenters. The molecule has 1 heterocycles. The van der Waals surface area contributed by atoms with Crippen LogP contribution >= 0.6 is 0 Å². The second-order valence-electron chi connectivity index (χ2n) is 6.21. The first-order valence-electron chi connectivity index (χ1n) is 8.01. The number of hydrogen-bond donors (Lipinski definition) is 1. The highest BCUT2D eigenvalue weighted by atomic mass is 16.5. The molecule has 1 aliphatic rings. The van der Waals surface area contributed by atoms with Crippen molar-refractivity contribution in [2.24, 2.45) is 5.92 Å². The average Bonchev–Trinajstić information content (AvgIpc) is 2.43. The quantitative estimate of drug-likeness (QED) is 0.697. The van der Waals surface area contributed by atoms with Crippen molar-refractivity contribution >= 4 is 0 Å². The predicted octanol–water partition coefficient (Wildman–Crippen LogP) is 3.38. The van der Waals surface area contributed by atoms with Gasteiger partial charge in [0.2, 0.25) is 0 Å². The second-order valence-corrected chi connectivity index (χ2v) is 6.21. The monoisotopic (exact) mass is 271 g/mol. The van der Waals surface area contributed by atoms with E-state index in [4.69, 9.17) is 9.47 Å². The number of ether oxygens (including phenoxy) is 2. The van der Waals surface area contributed by atoms with E-state index in [1.54, 1.807) is 0 Å². The molecule has 1 aliphatic heterocycles. The Morgan fingerprint density at radius 2 is 1.89 bits per heavy atom. The Morgan fingerprint density at radius 1 is 1.21 bits per heavy atom. The maximum Gasteiger partial charge on any atom is 0.0874 e. The van der Waals surface area contributed by atoms with E-state index in [1.807, 2.05) is 7.11 Å². The Labute approximate surface area is 119 Å². The van der Waals surface area contributed by atoms with Gasteiger partial charge in [0.05, 0.1) is 5.60 Å². The number of rotatable bonds is 9. The van der Waals surface area contributed by atoms with Crippen molar-refractivity contribution in [3.8, 4) is 0 Å². The van der Waals surface area contributed by atoms with Gasteiger partial charge in [0.15, 0.2) is 0 Å². The summed E-state index contributed by atoms with van der Waals surface area (Å²) in [6.45, 7) is 9.58. The highest BCUT2D eigenvalue weighted by Crippen LogP contribution is 2.31. The molecule has 1 fully saturated rings. The fourth-order valence-electron chi connectivity index (χ4n) is 3.01. The van der Waals surface area contributed by atoms with Crippen LogP contribution in [0.5, 0.6) is 0 Å². The van der Waals surface area contributed by atoms with Crippen molar-refractivity contribution in [3.05, 3.63) is 0 Å². The van der Waals surface area contributed by atoms with Gasteiger partial charge in [-0.1, -0.05) is 33.6 Å². The highest BCUT2D eigenvalue weighted by molar-refractivity contribution is 4.94. The second kappa shape index (κ2) is 8.93. The maximum atomic E-state index is 5.95. The Morgan fingerprint density at radius 3 is 2.42 bits per heavy atom. The van der Waals surface area contributed by atoms with E-state index in [-0.39, 0.29) is 5.60 Å². The maximum absolute atomic E-state index is 5.95. The third-order valence-corrected chi connectivity index (χ3v) is 4.30. The molecular formula is C16H33NO2. The van der Waals surface area contributed by atoms with Crippen LogP contribution in [0.2, 0.25) is 0 Å². The minimum Gasteiger partial charge on any atom is -0.381 e. The van der Waals surface area contributed by atoms with Gasteiger partial charge in [-0.05, 0) is 25.3 Å². The molecule has 0 aromatic carbocycles.